The summed E-state index contributed by atoms with van der Waals surface area (Å²) in [5.74, 6) is 0.750. The van der Waals surface area contributed by atoms with Crippen molar-refractivity contribution in [3.63, 3.8) is 0 Å². The van der Waals surface area contributed by atoms with Crippen molar-refractivity contribution in [3.05, 3.63) is 0 Å². The van der Waals surface area contributed by atoms with E-state index < -0.39 is 0 Å². The Balaban J connectivity index is 2.12. The lowest BCUT2D eigenvalue weighted by molar-refractivity contribution is -0.118. The van der Waals surface area contributed by atoms with Gasteiger partial charge in [0.05, 0.1) is 11.1 Å². The molecule has 1 rings (SSSR count). The van der Waals surface area contributed by atoms with Gasteiger partial charge in [0.1, 0.15) is 0 Å². The van der Waals surface area contributed by atoms with Crippen molar-refractivity contribution >= 4 is 17.7 Å². The van der Waals surface area contributed by atoms with Gasteiger partial charge in [-0.05, 0) is 0 Å². The number of ether oxygens (including phenoxy) is 1. The SMILES string of the molecule is COCCC1NC(=O)CS1. The highest BCUT2D eigenvalue weighted by Gasteiger charge is 2.20. The van der Waals surface area contributed by atoms with Crippen molar-refractivity contribution in [2.75, 3.05) is 19.5 Å². The first-order valence-corrected chi connectivity index (χ1v) is 4.27. The number of thioether (sulfide) groups is 1. The maximum atomic E-state index is 10.6. The molecule has 1 amide bonds. The highest BCUT2D eigenvalue weighted by Crippen LogP contribution is 2.17. The van der Waals surface area contributed by atoms with E-state index in [1.807, 2.05) is 0 Å². The summed E-state index contributed by atoms with van der Waals surface area (Å²) in [7, 11) is 1.67. The van der Waals surface area contributed by atoms with Gasteiger partial charge < -0.3 is 10.1 Å². The van der Waals surface area contributed by atoms with Crippen LogP contribution in [0, 0.1) is 0 Å². The van der Waals surface area contributed by atoms with E-state index in [1.165, 1.54) is 0 Å². The summed E-state index contributed by atoms with van der Waals surface area (Å²) >= 11 is 1.65. The molecule has 4 heteroatoms. The van der Waals surface area contributed by atoms with Crippen LogP contribution in [-0.4, -0.2) is 30.8 Å². The summed E-state index contributed by atoms with van der Waals surface area (Å²) in [4.78, 5) is 10.6. The Hall–Kier alpha value is -0.220. The number of rotatable bonds is 3. The van der Waals surface area contributed by atoms with Crippen molar-refractivity contribution in [1.29, 1.82) is 0 Å². The molecule has 1 aliphatic heterocycles. The maximum Gasteiger partial charge on any atom is 0.230 e. The van der Waals surface area contributed by atoms with Crippen LogP contribution in [0.15, 0.2) is 0 Å². The molecule has 0 bridgehead atoms. The summed E-state index contributed by atoms with van der Waals surface area (Å²) in [6.07, 6.45) is 0.910. The zero-order valence-electron chi connectivity index (χ0n) is 5.92. The van der Waals surface area contributed by atoms with Crippen LogP contribution in [0.1, 0.15) is 6.42 Å². The van der Waals surface area contributed by atoms with Gasteiger partial charge in [-0.1, -0.05) is 0 Å². The topological polar surface area (TPSA) is 38.3 Å². The molecule has 0 aromatic heterocycles. The highest BCUT2D eigenvalue weighted by molar-refractivity contribution is 8.01. The Morgan fingerprint density at radius 1 is 1.90 bits per heavy atom. The number of hydrogen-bond donors (Lipinski definition) is 1. The standard InChI is InChI=1S/C6H11NO2S/c1-9-3-2-6-7-5(8)4-10-6/h6H,2-4H2,1H3,(H,7,8). The largest absolute Gasteiger partial charge is 0.385 e. The average molecular weight is 161 g/mol. The number of hydrogen-bond acceptors (Lipinski definition) is 3. The summed E-state index contributed by atoms with van der Waals surface area (Å²) < 4.78 is 4.87. The second-order valence-corrected chi connectivity index (χ2v) is 3.34. The first-order valence-electron chi connectivity index (χ1n) is 3.23. The van der Waals surface area contributed by atoms with Crippen LogP contribution in [0.25, 0.3) is 0 Å². The second kappa shape index (κ2) is 3.83. The first-order chi connectivity index (χ1) is 4.83. The molecular formula is C6H11NO2S. The molecule has 0 aliphatic carbocycles. The van der Waals surface area contributed by atoms with Crippen molar-refractivity contribution < 1.29 is 9.53 Å². The highest BCUT2D eigenvalue weighted by atomic mass is 32.2. The molecule has 58 valence electrons. The molecule has 3 nitrogen and oxygen atoms in total. The van der Waals surface area contributed by atoms with Crippen LogP contribution < -0.4 is 5.32 Å². The predicted molar refractivity (Wildman–Crippen MR) is 40.9 cm³/mol. The van der Waals surface area contributed by atoms with E-state index in [1.54, 1.807) is 18.9 Å². The Labute approximate surface area is 64.5 Å². The van der Waals surface area contributed by atoms with Crippen LogP contribution in [-0.2, 0) is 9.53 Å². The van der Waals surface area contributed by atoms with Gasteiger partial charge in [-0.2, -0.15) is 0 Å². The molecule has 1 N–H and O–H groups in total. The van der Waals surface area contributed by atoms with E-state index in [-0.39, 0.29) is 11.3 Å². The molecule has 1 aliphatic rings. The van der Waals surface area contributed by atoms with E-state index in [9.17, 15) is 4.79 Å². The lowest BCUT2D eigenvalue weighted by Crippen LogP contribution is -2.25. The van der Waals surface area contributed by atoms with Gasteiger partial charge in [-0.3, -0.25) is 4.79 Å². The summed E-state index contributed by atoms with van der Waals surface area (Å²) in [5.41, 5.74) is 0. The van der Waals surface area contributed by atoms with Crippen molar-refractivity contribution in [2.45, 2.75) is 11.8 Å². The lowest BCUT2D eigenvalue weighted by atomic mass is 10.4. The van der Waals surface area contributed by atoms with E-state index in [2.05, 4.69) is 5.32 Å². The minimum absolute atomic E-state index is 0.145. The molecule has 0 spiro atoms. The third-order valence-corrected chi connectivity index (χ3v) is 2.51. The van der Waals surface area contributed by atoms with Gasteiger partial charge in [0.2, 0.25) is 5.91 Å². The number of carbonyl (C=O) groups is 1. The minimum atomic E-state index is 0.145. The zero-order valence-corrected chi connectivity index (χ0v) is 6.74. The molecule has 1 atom stereocenters. The van der Waals surface area contributed by atoms with Gasteiger partial charge in [0.15, 0.2) is 0 Å². The normalized spacial score (nSPS) is 24.9. The predicted octanol–water partition coefficient (Wildman–Crippen LogP) is 0.212. The van der Waals surface area contributed by atoms with Crippen LogP contribution in [0.2, 0.25) is 0 Å². The molecule has 1 saturated heterocycles. The third-order valence-electron chi connectivity index (χ3n) is 1.32. The Kier molecular flexibility index (Phi) is 3.02. The fraction of sp³-hybridized carbons (Fsp3) is 0.833. The maximum absolute atomic E-state index is 10.6. The Morgan fingerprint density at radius 2 is 2.70 bits per heavy atom. The molecule has 0 radical (unpaired) electrons. The average Bonchev–Trinajstić information content (AvgIpc) is 2.31. The van der Waals surface area contributed by atoms with Crippen LogP contribution >= 0.6 is 11.8 Å². The summed E-state index contributed by atoms with van der Waals surface area (Å²) in [5, 5.41) is 3.12. The molecule has 0 saturated carbocycles. The monoisotopic (exact) mass is 161 g/mol. The molecule has 1 fully saturated rings. The van der Waals surface area contributed by atoms with Gasteiger partial charge in [0, 0.05) is 20.1 Å². The smallest absolute Gasteiger partial charge is 0.230 e. The number of carbonyl (C=O) groups excluding carboxylic acids is 1. The summed E-state index contributed by atoms with van der Waals surface area (Å²) in [6.45, 7) is 0.720. The van der Waals surface area contributed by atoms with Crippen molar-refractivity contribution in [1.82, 2.24) is 5.32 Å². The van der Waals surface area contributed by atoms with E-state index >= 15 is 0 Å². The fourth-order valence-electron chi connectivity index (χ4n) is 0.820. The van der Waals surface area contributed by atoms with Gasteiger partial charge >= 0.3 is 0 Å². The van der Waals surface area contributed by atoms with Gasteiger partial charge in [0.25, 0.3) is 0 Å². The molecule has 10 heavy (non-hydrogen) atoms. The van der Waals surface area contributed by atoms with Crippen molar-refractivity contribution in [2.24, 2.45) is 0 Å². The Bertz CT molecular complexity index is 129. The van der Waals surface area contributed by atoms with Crippen LogP contribution in [0.3, 0.4) is 0 Å². The first kappa shape index (κ1) is 7.88. The van der Waals surface area contributed by atoms with E-state index in [0.29, 0.717) is 5.75 Å². The van der Waals surface area contributed by atoms with E-state index in [4.69, 9.17) is 4.74 Å². The number of methoxy groups -OCH3 is 1. The van der Waals surface area contributed by atoms with Gasteiger partial charge in [-0.25, -0.2) is 0 Å². The Morgan fingerprint density at radius 3 is 3.20 bits per heavy atom. The van der Waals surface area contributed by atoms with Crippen molar-refractivity contribution in [3.8, 4) is 0 Å². The molecular weight excluding hydrogens is 150 g/mol. The van der Waals surface area contributed by atoms with Crippen LogP contribution in [0.5, 0.6) is 0 Å². The molecule has 1 unspecified atom stereocenters. The number of nitrogens with one attached hydrogen (secondary N) is 1. The number of amides is 1. The minimum Gasteiger partial charge on any atom is -0.385 e. The third kappa shape index (κ3) is 2.19. The quantitative estimate of drug-likeness (QED) is 0.643. The van der Waals surface area contributed by atoms with Gasteiger partial charge in [-0.15, -0.1) is 11.8 Å². The van der Waals surface area contributed by atoms with Crippen LogP contribution in [0.4, 0.5) is 0 Å². The lowest BCUT2D eigenvalue weighted by Gasteiger charge is -2.06. The molecule has 1 heterocycles. The molecule has 0 aromatic rings. The second-order valence-electron chi connectivity index (χ2n) is 2.15. The zero-order chi connectivity index (χ0) is 7.40. The fourth-order valence-corrected chi connectivity index (χ4v) is 1.73. The van der Waals surface area contributed by atoms with E-state index in [0.717, 1.165) is 13.0 Å². The molecule has 0 aromatic carbocycles. The summed E-state index contributed by atoms with van der Waals surface area (Å²) in [6, 6.07) is 0.